The fraction of sp³-hybridized carbons (Fsp3) is 0.531. The van der Waals surface area contributed by atoms with Crippen molar-refractivity contribution in [1.82, 2.24) is 34.5 Å². The maximum Gasteiger partial charge on any atom is 0.148 e. The third-order valence-corrected chi connectivity index (χ3v) is 10.0. The standard InChI is InChI=1S/C32H38FN9O2/c1-30(2,43)29(33)21-41-20-27(38-39-41)24-19-35-26(28-4-3-23-15-22(17-34)18-36-42(23)28)16-25(24)37-31-5-8-32(9-6-31,10-7-31)40-11-13-44-14-12-40/h3-4,15-16,18-20,29,43H,5-14,21H2,1-2H3,(H,35,37). The van der Waals surface area contributed by atoms with Crippen LogP contribution >= 0.6 is 0 Å². The molecule has 1 atom stereocenters. The van der Waals surface area contributed by atoms with Crippen molar-refractivity contribution in [3.05, 3.63) is 48.4 Å². The molecule has 5 heterocycles. The minimum atomic E-state index is -1.50. The van der Waals surface area contributed by atoms with Crippen molar-refractivity contribution >= 4 is 11.2 Å². The normalized spacial score (nSPS) is 24.8. The number of rotatable bonds is 8. The van der Waals surface area contributed by atoms with E-state index in [4.69, 9.17) is 9.72 Å². The van der Waals surface area contributed by atoms with Gasteiger partial charge in [0.15, 0.2) is 0 Å². The van der Waals surface area contributed by atoms with Crippen molar-refractivity contribution in [3.8, 4) is 28.7 Å². The zero-order chi connectivity index (χ0) is 30.5. The van der Waals surface area contributed by atoms with Crippen molar-refractivity contribution < 1.29 is 14.2 Å². The smallest absolute Gasteiger partial charge is 0.148 e. The zero-order valence-electron chi connectivity index (χ0n) is 25.2. The minimum Gasteiger partial charge on any atom is -0.387 e. The molecule has 230 valence electrons. The lowest BCUT2D eigenvalue weighted by atomic mass is 9.60. The summed E-state index contributed by atoms with van der Waals surface area (Å²) in [4.78, 5) is 7.48. The van der Waals surface area contributed by atoms with Gasteiger partial charge in [0.05, 0.1) is 60.2 Å². The summed E-state index contributed by atoms with van der Waals surface area (Å²) < 4.78 is 23.5. The number of nitrogens with one attached hydrogen (secondary N) is 1. The second kappa shape index (κ2) is 10.9. The third kappa shape index (κ3) is 5.23. The number of fused-ring (bicyclic) bond motifs is 4. The van der Waals surface area contributed by atoms with E-state index in [1.807, 2.05) is 18.2 Å². The van der Waals surface area contributed by atoms with Gasteiger partial charge in [0.2, 0.25) is 0 Å². The Hall–Kier alpha value is -3.92. The van der Waals surface area contributed by atoms with Gasteiger partial charge in [-0.3, -0.25) is 9.88 Å². The fourth-order valence-electron chi connectivity index (χ4n) is 7.21. The average molecular weight is 600 g/mol. The predicted molar refractivity (Wildman–Crippen MR) is 163 cm³/mol. The summed E-state index contributed by atoms with van der Waals surface area (Å²) in [6.45, 7) is 6.44. The van der Waals surface area contributed by atoms with E-state index in [0.717, 1.165) is 93.0 Å². The molecule has 4 aromatic heterocycles. The van der Waals surface area contributed by atoms with E-state index in [1.165, 1.54) is 18.5 Å². The van der Waals surface area contributed by atoms with Gasteiger partial charge in [-0.1, -0.05) is 5.21 Å². The third-order valence-electron chi connectivity index (χ3n) is 10.0. The van der Waals surface area contributed by atoms with Crippen molar-refractivity contribution in [2.24, 2.45) is 0 Å². The Morgan fingerprint density at radius 3 is 2.55 bits per heavy atom. The molecule has 4 aliphatic rings. The second-order valence-electron chi connectivity index (χ2n) is 13.2. The lowest BCUT2D eigenvalue weighted by Crippen LogP contribution is -2.62. The Morgan fingerprint density at radius 1 is 1.09 bits per heavy atom. The number of halogens is 1. The number of aliphatic hydroxyl groups is 1. The van der Waals surface area contributed by atoms with Gasteiger partial charge in [0.1, 0.15) is 17.9 Å². The Bertz CT molecular complexity index is 1690. The number of morpholine rings is 1. The molecule has 3 saturated carbocycles. The molecule has 0 amide bonds. The number of anilines is 1. The Kier molecular flexibility index (Phi) is 7.15. The van der Waals surface area contributed by atoms with Crippen LogP contribution in [0.5, 0.6) is 0 Å². The first-order chi connectivity index (χ1) is 21.2. The van der Waals surface area contributed by atoms with Crippen molar-refractivity contribution in [2.75, 3.05) is 31.6 Å². The van der Waals surface area contributed by atoms with Crippen LogP contribution in [0.3, 0.4) is 0 Å². The quantitative estimate of drug-likeness (QED) is 0.306. The van der Waals surface area contributed by atoms with Crippen LogP contribution in [-0.4, -0.2) is 88.8 Å². The molecule has 0 radical (unpaired) electrons. The molecule has 4 fully saturated rings. The highest BCUT2D eigenvalue weighted by Crippen LogP contribution is 2.52. The van der Waals surface area contributed by atoms with E-state index in [9.17, 15) is 14.8 Å². The average Bonchev–Trinajstić information content (AvgIpc) is 3.68. The van der Waals surface area contributed by atoms with E-state index < -0.39 is 11.8 Å². The van der Waals surface area contributed by atoms with Gasteiger partial charge in [-0.2, -0.15) is 10.4 Å². The number of ether oxygens (including phenoxy) is 1. The molecule has 11 nitrogen and oxygen atoms in total. The molecule has 2 N–H and O–H groups in total. The van der Waals surface area contributed by atoms with Crippen LogP contribution in [0, 0.1) is 11.3 Å². The Morgan fingerprint density at radius 2 is 1.84 bits per heavy atom. The SMILES string of the molecule is CC(C)(O)C(F)Cn1cc(-c2cnc(-c3ccc4cc(C#N)cnn34)cc2NC23CCC(N4CCOCC4)(CC2)CC3)nn1. The van der Waals surface area contributed by atoms with Crippen molar-refractivity contribution in [3.63, 3.8) is 0 Å². The fourth-order valence-corrected chi connectivity index (χ4v) is 7.21. The van der Waals surface area contributed by atoms with Crippen LogP contribution in [-0.2, 0) is 11.3 Å². The molecule has 1 saturated heterocycles. The first-order valence-electron chi connectivity index (χ1n) is 15.4. The molecule has 3 aliphatic carbocycles. The van der Waals surface area contributed by atoms with Crippen LogP contribution in [0.15, 0.2) is 42.9 Å². The predicted octanol–water partition coefficient (Wildman–Crippen LogP) is 4.22. The molecule has 1 aliphatic heterocycles. The number of alkyl halides is 1. The second-order valence-corrected chi connectivity index (χ2v) is 13.2. The molecular weight excluding hydrogens is 561 g/mol. The van der Waals surface area contributed by atoms with Crippen molar-refractivity contribution in [2.45, 2.75) is 81.8 Å². The molecule has 0 aromatic carbocycles. The summed E-state index contributed by atoms with van der Waals surface area (Å²) in [7, 11) is 0. The Labute approximate surface area is 255 Å². The van der Waals surface area contributed by atoms with E-state index >= 15 is 0 Å². The monoisotopic (exact) mass is 599 g/mol. The summed E-state index contributed by atoms with van der Waals surface area (Å²) in [6.07, 6.45) is 10.2. The molecule has 1 unspecified atom stereocenters. The lowest BCUT2D eigenvalue weighted by molar-refractivity contribution is -0.0689. The summed E-state index contributed by atoms with van der Waals surface area (Å²) in [5.41, 5.74) is 3.84. The van der Waals surface area contributed by atoms with Crippen LogP contribution < -0.4 is 5.32 Å². The Balaban J connectivity index is 1.22. The van der Waals surface area contributed by atoms with E-state index in [1.54, 1.807) is 29.2 Å². The van der Waals surface area contributed by atoms with Gasteiger partial charge < -0.3 is 15.2 Å². The van der Waals surface area contributed by atoms with Crippen LogP contribution in [0.1, 0.15) is 57.9 Å². The van der Waals surface area contributed by atoms with Gasteiger partial charge in [-0.15, -0.1) is 5.10 Å². The highest BCUT2D eigenvalue weighted by atomic mass is 19.1. The summed E-state index contributed by atoms with van der Waals surface area (Å²) in [5.74, 6) is 0. The highest BCUT2D eigenvalue weighted by molar-refractivity contribution is 5.79. The number of nitriles is 1. The van der Waals surface area contributed by atoms with Crippen LogP contribution in [0.25, 0.3) is 28.2 Å². The highest BCUT2D eigenvalue weighted by Gasteiger charge is 2.51. The van der Waals surface area contributed by atoms with Gasteiger partial charge in [0, 0.05) is 41.6 Å². The van der Waals surface area contributed by atoms with E-state index in [2.05, 4.69) is 31.7 Å². The van der Waals surface area contributed by atoms with E-state index in [-0.39, 0.29) is 17.6 Å². The van der Waals surface area contributed by atoms with Crippen molar-refractivity contribution in [1.29, 1.82) is 5.26 Å². The van der Waals surface area contributed by atoms with Crippen LogP contribution in [0.4, 0.5) is 10.1 Å². The molecule has 0 spiro atoms. The number of hydrogen-bond acceptors (Lipinski definition) is 9. The lowest BCUT2D eigenvalue weighted by Gasteiger charge is -2.58. The zero-order valence-corrected chi connectivity index (χ0v) is 25.2. The minimum absolute atomic E-state index is 0.0521. The first-order valence-corrected chi connectivity index (χ1v) is 15.4. The summed E-state index contributed by atoms with van der Waals surface area (Å²) in [5, 5.41) is 36.4. The molecule has 2 bridgehead atoms. The largest absolute Gasteiger partial charge is 0.387 e. The van der Waals surface area contributed by atoms with Gasteiger partial charge in [-0.05, 0) is 76.6 Å². The van der Waals surface area contributed by atoms with Crippen LogP contribution in [0.2, 0.25) is 0 Å². The molecular formula is C32H38FN9O2. The number of aromatic nitrogens is 6. The van der Waals surface area contributed by atoms with Gasteiger partial charge in [0.25, 0.3) is 0 Å². The summed E-state index contributed by atoms with van der Waals surface area (Å²) >= 11 is 0. The van der Waals surface area contributed by atoms with Gasteiger partial charge in [-0.25, -0.2) is 13.6 Å². The van der Waals surface area contributed by atoms with E-state index in [0.29, 0.717) is 11.3 Å². The topological polar surface area (TPSA) is 129 Å². The number of hydrogen-bond donors (Lipinski definition) is 2. The summed E-state index contributed by atoms with van der Waals surface area (Å²) in [6, 6.07) is 9.88. The molecule has 8 rings (SSSR count). The maximum atomic E-state index is 14.6. The first kappa shape index (κ1) is 28.8. The molecule has 12 heteroatoms. The molecule has 4 aromatic rings. The van der Waals surface area contributed by atoms with Gasteiger partial charge >= 0.3 is 0 Å². The maximum absolute atomic E-state index is 14.6. The molecule has 44 heavy (non-hydrogen) atoms. The number of nitrogens with zero attached hydrogens (tertiary/aromatic N) is 8. The number of pyridine rings is 1.